The van der Waals surface area contributed by atoms with E-state index in [1.165, 1.54) is 42.6 Å². The Balaban J connectivity index is 1.48. The smallest absolute Gasteiger partial charge is 0.345 e. The minimum absolute atomic E-state index is 0.137. The first kappa shape index (κ1) is 27.4. The van der Waals surface area contributed by atoms with Crippen molar-refractivity contribution in [3.63, 3.8) is 0 Å². The fourth-order valence-corrected chi connectivity index (χ4v) is 4.20. The molecule has 0 spiro atoms. The van der Waals surface area contributed by atoms with Crippen molar-refractivity contribution in [3.05, 3.63) is 110 Å². The molecule has 4 aromatic carbocycles. The lowest BCUT2D eigenvalue weighted by molar-refractivity contribution is -0.120. The number of hydrogen-bond acceptors (Lipinski definition) is 5. The second kappa shape index (κ2) is 12.3. The first-order valence-corrected chi connectivity index (χ1v) is 12.5. The van der Waals surface area contributed by atoms with Gasteiger partial charge in [-0.15, -0.1) is 0 Å². The summed E-state index contributed by atoms with van der Waals surface area (Å²) in [4.78, 5) is 37.3. The Morgan fingerprint density at radius 3 is 2.39 bits per heavy atom. The summed E-state index contributed by atoms with van der Waals surface area (Å²) in [6.45, 7) is -0.344. The molecule has 2 amide bonds. The quantitative estimate of drug-likeness (QED) is 0.111. The van der Waals surface area contributed by atoms with Crippen LogP contribution in [-0.2, 0) is 4.79 Å². The van der Waals surface area contributed by atoms with Crippen molar-refractivity contribution in [2.45, 2.75) is 0 Å². The average Bonchev–Trinajstić information content (AvgIpc) is 2.89. The van der Waals surface area contributed by atoms with E-state index in [2.05, 4.69) is 15.8 Å². The van der Waals surface area contributed by atoms with E-state index in [0.717, 1.165) is 10.8 Å². The van der Waals surface area contributed by atoms with Crippen LogP contribution in [0.15, 0.2) is 77.9 Å². The lowest BCUT2D eigenvalue weighted by Crippen LogP contribution is -2.34. The summed E-state index contributed by atoms with van der Waals surface area (Å²) < 4.78 is 5.62. The van der Waals surface area contributed by atoms with Crippen molar-refractivity contribution in [1.82, 2.24) is 10.7 Å². The molecule has 38 heavy (non-hydrogen) atoms. The molecule has 0 unspecified atom stereocenters. The minimum Gasteiger partial charge on any atom is -0.422 e. The summed E-state index contributed by atoms with van der Waals surface area (Å²) >= 11 is 23.9. The van der Waals surface area contributed by atoms with Crippen LogP contribution in [0.2, 0.25) is 20.1 Å². The second-order valence-electron chi connectivity index (χ2n) is 7.82. The van der Waals surface area contributed by atoms with E-state index < -0.39 is 17.8 Å². The summed E-state index contributed by atoms with van der Waals surface area (Å²) in [5.74, 6) is -1.58. The van der Waals surface area contributed by atoms with Crippen LogP contribution < -0.4 is 15.5 Å². The molecule has 4 rings (SSSR count). The Kier molecular flexibility index (Phi) is 8.86. The molecule has 2 N–H and O–H groups in total. The zero-order valence-electron chi connectivity index (χ0n) is 19.3. The SMILES string of the molecule is O=C(CNC(=O)c1ccc(Cl)c(Cl)c1)NN=Cc1c(OC(=O)c2ccc(Cl)cc2Cl)ccc2ccccc12. The lowest BCUT2D eigenvalue weighted by atomic mass is 10.0. The first-order valence-electron chi connectivity index (χ1n) is 11.0. The van der Waals surface area contributed by atoms with Crippen molar-refractivity contribution in [3.8, 4) is 5.75 Å². The number of nitrogens with zero attached hydrogens (tertiary/aromatic N) is 1. The van der Waals surface area contributed by atoms with Crippen LogP contribution in [0.1, 0.15) is 26.3 Å². The third kappa shape index (κ3) is 6.62. The van der Waals surface area contributed by atoms with Crippen LogP contribution in [0.3, 0.4) is 0 Å². The van der Waals surface area contributed by atoms with Gasteiger partial charge in [-0.25, -0.2) is 10.2 Å². The third-order valence-electron chi connectivity index (χ3n) is 5.26. The summed E-state index contributed by atoms with van der Waals surface area (Å²) in [5, 5.41) is 9.11. The molecule has 0 aliphatic heterocycles. The van der Waals surface area contributed by atoms with Gasteiger partial charge in [0.15, 0.2) is 0 Å². The molecule has 0 bridgehead atoms. The summed E-state index contributed by atoms with van der Waals surface area (Å²) in [5.41, 5.74) is 3.18. The van der Waals surface area contributed by atoms with Gasteiger partial charge in [0.25, 0.3) is 11.8 Å². The number of ether oxygens (including phenoxy) is 1. The molecule has 7 nitrogen and oxygen atoms in total. The number of carbonyl (C=O) groups is 3. The van der Waals surface area contributed by atoms with E-state index in [1.54, 1.807) is 12.1 Å². The number of halogens is 4. The van der Waals surface area contributed by atoms with E-state index in [0.29, 0.717) is 15.6 Å². The number of carbonyl (C=O) groups excluding carboxylic acids is 3. The number of fused-ring (bicyclic) bond motifs is 1. The minimum atomic E-state index is -0.689. The molecule has 0 saturated heterocycles. The molecule has 0 aliphatic rings. The number of hydrogen-bond donors (Lipinski definition) is 2. The Bertz CT molecular complexity index is 1590. The molecular formula is C27H17Cl4N3O4. The number of benzene rings is 4. The summed E-state index contributed by atoms with van der Waals surface area (Å²) in [6.07, 6.45) is 1.35. The number of rotatable bonds is 7. The number of nitrogens with one attached hydrogen (secondary N) is 2. The molecule has 0 atom stereocenters. The molecular weight excluding hydrogens is 572 g/mol. The van der Waals surface area contributed by atoms with Crippen molar-refractivity contribution < 1.29 is 19.1 Å². The van der Waals surface area contributed by atoms with Gasteiger partial charge in [-0.05, 0) is 53.2 Å². The summed E-state index contributed by atoms with van der Waals surface area (Å²) in [6, 6.07) is 19.6. The molecule has 0 aliphatic carbocycles. The van der Waals surface area contributed by atoms with Crippen molar-refractivity contribution in [2.75, 3.05) is 6.54 Å². The molecule has 0 radical (unpaired) electrons. The predicted molar refractivity (Wildman–Crippen MR) is 150 cm³/mol. The van der Waals surface area contributed by atoms with Crippen LogP contribution >= 0.6 is 46.4 Å². The Labute approximate surface area is 237 Å². The van der Waals surface area contributed by atoms with Crippen LogP contribution in [0, 0.1) is 0 Å². The van der Waals surface area contributed by atoms with E-state index in [4.69, 9.17) is 51.1 Å². The Hall–Kier alpha value is -3.62. The molecule has 0 saturated carbocycles. The summed E-state index contributed by atoms with van der Waals surface area (Å²) in [7, 11) is 0. The van der Waals surface area contributed by atoms with Crippen LogP contribution in [0.25, 0.3) is 10.8 Å². The highest BCUT2D eigenvalue weighted by atomic mass is 35.5. The maximum absolute atomic E-state index is 12.8. The van der Waals surface area contributed by atoms with Crippen LogP contribution in [0.4, 0.5) is 0 Å². The zero-order valence-corrected chi connectivity index (χ0v) is 22.3. The van der Waals surface area contributed by atoms with Gasteiger partial charge in [-0.1, -0.05) is 76.7 Å². The molecule has 192 valence electrons. The number of hydrazone groups is 1. The average molecular weight is 589 g/mol. The van der Waals surface area contributed by atoms with Gasteiger partial charge in [-0.3, -0.25) is 9.59 Å². The predicted octanol–water partition coefficient (Wildman–Crippen LogP) is 6.55. The van der Waals surface area contributed by atoms with Gasteiger partial charge in [0.05, 0.1) is 33.4 Å². The highest BCUT2D eigenvalue weighted by molar-refractivity contribution is 6.42. The van der Waals surface area contributed by atoms with Crippen molar-refractivity contribution >= 4 is 81.2 Å². The zero-order chi connectivity index (χ0) is 27.2. The fraction of sp³-hybridized carbons (Fsp3) is 0.0370. The largest absolute Gasteiger partial charge is 0.422 e. The maximum Gasteiger partial charge on any atom is 0.345 e. The first-order chi connectivity index (χ1) is 18.2. The highest BCUT2D eigenvalue weighted by Gasteiger charge is 2.17. The van der Waals surface area contributed by atoms with Crippen LogP contribution in [-0.4, -0.2) is 30.5 Å². The van der Waals surface area contributed by atoms with Gasteiger partial charge in [-0.2, -0.15) is 5.10 Å². The topological polar surface area (TPSA) is 96.9 Å². The maximum atomic E-state index is 12.8. The standard InChI is InChI=1S/C27H17Cl4N3O4/c28-17-7-8-19(22(30)12-17)27(37)38-24-10-6-15-3-1-2-4-18(15)20(24)13-33-34-25(35)14-32-26(36)16-5-9-21(29)23(31)11-16/h1-13H,14H2,(H,32,36)(H,34,35). The number of amides is 2. The van der Waals surface area contributed by atoms with E-state index in [1.807, 2.05) is 24.3 Å². The second-order valence-corrected chi connectivity index (χ2v) is 9.47. The molecule has 11 heteroatoms. The lowest BCUT2D eigenvalue weighted by Gasteiger charge is -2.11. The molecule has 0 heterocycles. The number of esters is 1. The van der Waals surface area contributed by atoms with Gasteiger partial charge in [0.1, 0.15) is 5.75 Å². The molecule has 0 fully saturated rings. The van der Waals surface area contributed by atoms with Crippen molar-refractivity contribution in [2.24, 2.45) is 5.10 Å². The van der Waals surface area contributed by atoms with Gasteiger partial charge < -0.3 is 10.1 Å². The Morgan fingerprint density at radius 2 is 1.63 bits per heavy atom. The monoisotopic (exact) mass is 587 g/mol. The van der Waals surface area contributed by atoms with Gasteiger partial charge in [0, 0.05) is 16.1 Å². The van der Waals surface area contributed by atoms with E-state index in [-0.39, 0.29) is 33.5 Å². The molecule has 4 aromatic rings. The van der Waals surface area contributed by atoms with Gasteiger partial charge >= 0.3 is 5.97 Å². The van der Waals surface area contributed by atoms with Crippen molar-refractivity contribution in [1.29, 1.82) is 0 Å². The third-order valence-corrected chi connectivity index (χ3v) is 6.55. The molecule has 0 aromatic heterocycles. The van der Waals surface area contributed by atoms with Gasteiger partial charge in [0.2, 0.25) is 0 Å². The van der Waals surface area contributed by atoms with Crippen LogP contribution in [0.5, 0.6) is 5.75 Å². The Morgan fingerprint density at radius 1 is 0.842 bits per heavy atom. The van der Waals surface area contributed by atoms with E-state index in [9.17, 15) is 14.4 Å². The highest BCUT2D eigenvalue weighted by Crippen LogP contribution is 2.29. The van der Waals surface area contributed by atoms with E-state index >= 15 is 0 Å². The normalized spacial score (nSPS) is 10.9. The fourth-order valence-electron chi connectivity index (χ4n) is 3.42.